The molecule has 0 aliphatic carbocycles. The summed E-state index contributed by atoms with van der Waals surface area (Å²) in [6, 6.07) is 1.99. The molecule has 1 fully saturated rings. The number of ether oxygens (including phenoxy) is 3. The highest BCUT2D eigenvalue weighted by Gasteiger charge is 2.42. The molecule has 0 aromatic carbocycles. The Balaban J connectivity index is 2.24. The Morgan fingerprint density at radius 2 is 2.17 bits per heavy atom. The zero-order valence-electron chi connectivity index (χ0n) is 11.1. The summed E-state index contributed by atoms with van der Waals surface area (Å²) in [4.78, 5) is 15.2. The molecular weight excluding hydrogens is 234 g/mol. The summed E-state index contributed by atoms with van der Waals surface area (Å²) in [5.41, 5.74) is 2.82. The van der Waals surface area contributed by atoms with Gasteiger partial charge in [-0.3, -0.25) is 4.79 Å². The lowest BCUT2D eigenvalue weighted by atomic mass is 10.0. The molecule has 1 aliphatic rings. The Labute approximate surface area is 106 Å². The molecule has 0 radical (unpaired) electrons. The van der Waals surface area contributed by atoms with Crippen LogP contribution in [0.15, 0.2) is 6.07 Å². The Morgan fingerprint density at radius 3 is 2.61 bits per heavy atom. The van der Waals surface area contributed by atoms with Gasteiger partial charge >= 0.3 is 5.97 Å². The van der Waals surface area contributed by atoms with Gasteiger partial charge in [0.15, 0.2) is 12.6 Å². The number of nitrogens with one attached hydrogen (secondary N) is 1. The maximum absolute atomic E-state index is 12.0. The molecule has 0 saturated carbocycles. The molecular formula is C13H19NO4. The number of aromatic nitrogens is 1. The highest BCUT2D eigenvalue weighted by atomic mass is 16.9. The van der Waals surface area contributed by atoms with Gasteiger partial charge in [-0.15, -0.1) is 0 Å². The molecule has 0 spiro atoms. The van der Waals surface area contributed by atoms with Crippen LogP contribution in [0.4, 0.5) is 0 Å². The molecule has 2 heterocycles. The van der Waals surface area contributed by atoms with Crippen LogP contribution in [0.5, 0.6) is 0 Å². The second-order valence-electron chi connectivity index (χ2n) is 4.49. The van der Waals surface area contributed by atoms with Gasteiger partial charge in [-0.25, -0.2) is 0 Å². The van der Waals surface area contributed by atoms with Crippen molar-refractivity contribution in [1.82, 2.24) is 4.98 Å². The summed E-state index contributed by atoms with van der Waals surface area (Å²) in [7, 11) is 0. The van der Waals surface area contributed by atoms with Crippen LogP contribution >= 0.6 is 0 Å². The lowest BCUT2D eigenvalue weighted by Gasteiger charge is -2.37. The zero-order valence-corrected chi connectivity index (χ0v) is 11.1. The first kappa shape index (κ1) is 13.1. The first-order chi connectivity index (χ1) is 8.52. The highest BCUT2D eigenvalue weighted by molar-refractivity contribution is 5.78. The summed E-state index contributed by atoms with van der Waals surface area (Å²) in [5.74, 6) is -0.866. The van der Waals surface area contributed by atoms with Crippen molar-refractivity contribution >= 4 is 5.97 Å². The maximum atomic E-state index is 12.0. The normalized spacial score (nSPS) is 24.4. The van der Waals surface area contributed by atoms with E-state index >= 15 is 0 Å². The summed E-state index contributed by atoms with van der Waals surface area (Å²) < 4.78 is 16.0. The van der Waals surface area contributed by atoms with E-state index in [2.05, 4.69) is 4.98 Å². The number of hydrogen-bond acceptors (Lipinski definition) is 4. The molecule has 18 heavy (non-hydrogen) atoms. The van der Waals surface area contributed by atoms with Crippen LogP contribution in [0.25, 0.3) is 0 Å². The summed E-state index contributed by atoms with van der Waals surface area (Å²) in [5, 5.41) is 0. The van der Waals surface area contributed by atoms with E-state index in [9.17, 15) is 4.79 Å². The van der Waals surface area contributed by atoms with Crippen molar-refractivity contribution < 1.29 is 19.0 Å². The third kappa shape index (κ3) is 2.42. The minimum Gasteiger partial charge on any atom is -0.465 e. The van der Waals surface area contributed by atoms with Crippen molar-refractivity contribution in [3.8, 4) is 0 Å². The summed E-state index contributed by atoms with van der Waals surface area (Å²) in [6.45, 7) is 7.83. The van der Waals surface area contributed by atoms with Crippen LogP contribution in [0, 0.1) is 13.8 Å². The van der Waals surface area contributed by atoms with Crippen molar-refractivity contribution in [3.05, 3.63) is 23.0 Å². The van der Waals surface area contributed by atoms with Crippen LogP contribution < -0.4 is 0 Å². The lowest BCUT2D eigenvalue weighted by Crippen LogP contribution is -2.46. The number of H-pyrrole nitrogens is 1. The molecule has 1 aromatic rings. The average molecular weight is 253 g/mol. The monoisotopic (exact) mass is 253 g/mol. The molecule has 1 saturated heterocycles. The second kappa shape index (κ2) is 5.12. The Hall–Kier alpha value is -1.33. The number of carbonyl (C=O) groups excluding carboxylic acids is 1. The largest absolute Gasteiger partial charge is 0.465 e. The molecule has 2 rings (SSSR count). The number of esters is 1. The second-order valence-corrected chi connectivity index (χ2v) is 4.49. The van der Waals surface area contributed by atoms with E-state index in [1.807, 2.05) is 19.9 Å². The van der Waals surface area contributed by atoms with Gasteiger partial charge in [0.25, 0.3) is 0 Å². The number of aryl methyl sites for hydroxylation is 2. The first-order valence-electron chi connectivity index (χ1n) is 6.16. The van der Waals surface area contributed by atoms with E-state index in [-0.39, 0.29) is 12.3 Å². The van der Waals surface area contributed by atoms with Gasteiger partial charge in [0.1, 0.15) is 5.92 Å². The van der Waals surface area contributed by atoms with Crippen molar-refractivity contribution in [3.63, 3.8) is 0 Å². The zero-order chi connectivity index (χ0) is 13.3. The topological polar surface area (TPSA) is 60.6 Å². The molecule has 1 atom stereocenters. The average Bonchev–Trinajstić information content (AvgIpc) is 2.56. The fourth-order valence-corrected chi connectivity index (χ4v) is 2.21. The van der Waals surface area contributed by atoms with E-state index in [1.165, 1.54) is 0 Å². The van der Waals surface area contributed by atoms with E-state index in [1.54, 1.807) is 13.8 Å². The number of aromatic amines is 1. The Kier molecular flexibility index (Phi) is 3.73. The van der Waals surface area contributed by atoms with Gasteiger partial charge < -0.3 is 19.2 Å². The fraction of sp³-hybridized carbons (Fsp3) is 0.615. The molecule has 5 nitrogen and oxygen atoms in total. The smallest absolute Gasteiger partial charge is 0.320 e. The maximum Gasteiger partial charge on any atom is 0.320 e. The van der Waals surface area contributed by atoms with E-state index in [0.29, 0.717) is 6.61 Å². The van der Waals surface area contributed by atoms with Crippen LogP contribution in [0.2, 0.25) is 0 Å². The van der Waals surface area contributed by atoms with Crippen molar-refractivity contribution in [2.45, 2.75) is 46.2 Å². The van der Waals surface area contributed by atoms with Gasteiger partial charge in [0, 0.05) is 11.4 Å². The molecule has 1 unspecified atom stereocenters. The molecule has 1 aromatic heterocycles. The van der Waals surface area contributed by atoms with Gasteiger partial charge in [-0.2, -0.15) is 0 Å². The van der Waals surface area contributed by atoms with Crippen LogP contribution in [0.3, 0.4) is 0 Å². The van der Waals surface area contributed by atoms with Crippen molar-refractivity contribution in [1.29, 1.82) is 0 Å². The summed E-state index contributed by atoms with van der Waals surface area (Å²) >= 11 is 0. The van der Waals surface area contributed by atoms with Gasteiger partial charge in [-0.1, -0.05) is 0 Å². The molecule has 0 bridgehead atoms. The third-order valence-electron chi connectivity index (χ3n) is 2.96. The molecule has 5 heteroatoms. The Morgan fingerprint density at radius 1 is 1.50 bits per heavy atom. The highest BCUT2D eigenvalue weighted by Crippen LogP contribution is 2.33. The van der Waals surface area contributed by atoms with Crippen molar-refractivity contribution in [2.24, 2.45) is 0 Å². The van der Waals surface area contributed by atoms with Crippen LogP contribution in [-0.2, 0) is 19.0 Å². The molecule has 0 amide bonds. The standard InChI is InChI=1S/C13H19NO4/c1-5-16-12(15)10(13-17-9(4)18-13)11-7(2)6-8(3)14-11/h6,9-10,13-14H,5H2,1-4H3. The minimum atomic E-state index is -0.559. The van der Waals surface area contributed by atoms with Gasteiger partial charge in [0.2, 0.25) is 0 Å². The van der Waals surface area contributed by atoms with E-state index in [0.717, 1.165) is 17.0 Å². The molecule has 1 N–H and O–H groups in total. The third-order valence-corrected chi connectivity index (χ3v) is 2.96. The van der Waals surface area contributed by atoms with E-state index < -0.39 is 12.2 Å². The number of carbonyl (C=O) groups is 1. The van der Waals surface area contributed by atoms with Crippen LogP contribution in [0.1, 0.15) is 36.7 Å². The molecule has 1 aliphatic heterocycles. The van der Waals surface area contributed by atoms with Crippen molar-refractivity contribution in [2.75, 3.05) is 6.61 Å². The number of rotatable bonds is 4. The minimum absolute atomic E-state index is 0.261. The quantitative estimate of drug-likeness (QED) is 0.834. The van der Waals surface area contributed by atoms with Crippen LogP contribution in [-0.4, -0.2) is 30.1 Å². The number of hydrogen-bond donors (Lipinski definition) is 1. The van der Waals surface area contributed by atoms with Gasteiger partial charge in [0.05, 0.1) is 6.61 Å². The summed E-state index contributed by atoms with van der Waals surface area (Å²) in [6.07, 6.45) is -0.820. The first-order valence-corrected chi connectivity index (χ1v) is 6.16. The predicted octanol–water partition coefficient (Wildman–Crippen LogP) is 2.00. The van der Waals surface area contributed by atoms with E-state index in [4.69, 9.17) is 14.2 Å². The fourth-order valence-electron chi connectivity index (χ4n) is 2.21. The lowest BCUT2D eigenvalue weighted by molar-refractivity contribution is -0.380. The SMILES string of the molecule is CCOC(=O)C(c1[nH]c(C)cc1C)C1OC(C)O1. The molecule has 100 valence electrons. The van der Waals surface area contributed by atoms with Gasteiger partial charge in [-0.05, 0) is 39.3 Å². The predicted molar refractivity (Wildman–Crippen MR) is 65.1 cm³/mol. The Bertz CT molecular complexity index is 434.